The van der Waals surface area contributed by atoms with E-state index in [1.54, 1.807) is 11.8 Å². The summed E-state index contributed by atoms with van der Waals surface area (Å²) < 4.78 is 5.17. The minimum atomic E-state index is 0.392. The SMILES string of the molecule is Cc1nsc(SCc2cccc(C#CCN)c2)n1. The van der Waals surface area contributed by atoms with E-state index >= 15 is 0 Å². The van der Waals surface area contributed by atoms with Crippen LogP contribution < -0.4 is 5.73 Å². The van der Waals surface area contributed by atoms with E-state index in [0.29, 0.717) is 6.54 Å². The Morgan fingerprint density at radius 3 is 3.06 bits per heavy atom. The summed E-state index contributed by atoms with van der Waals surface area (Å²) in [6, 6.07) is 8.19. The topological polar surface area (TPSA) is 51.8 Å². The Labute approximate surface area is 115 Å². The fraction of sp³-hybridized carbons (Fsp3) is 0.231. The van der Waals surface area contributed by atoms with E-state index in [0.717, 1.165) is 21.5 Å². The first-order chi connectivity index (χ1) is 8.78. The van der Waals surface area contributed by atoms with Crippen molar-refractivity contribution >= 4 is 23.3 Å². The smallest absolute Gasteiger partial charge is 0.170 e. The third-order valence-corrected chi connectivity index (χ3v) is 4.13. The van der Waals surface area contributed by atoms with Crippen molar-refractivity contribution in [3.8, 4) is 11.8 Å². The Kier molecular flexibility index (Phi) is 4.76. The Hall–Kier alpha value is -1.35. The monoisotopic (exact) mass is 275 g/mol. The first kappa shape index (κ1) is 13.1. The van der Waals surface area contributed by atoms with E-state index in [2.05, 4.69) is 33.3 Å². The predicted molar refractivity (Wildman–Crippen MR) is 76.6 cm³/mol. The first-order valence-electron chi connectivity index (χ1n) is 5.49. The van der Waals surface area contributed by atoms with Crippen LogP contribution in [0, 0.1) is 18.8 Å². The zero-order valence-electron chi connectivity index (χ0n) is 10.0. The number of nitrogens with two attached hydrogens (primary N) is 1. The van der Waals surface area contributed by atoms with Gasteiger partial charge < -0.3 is 5.73 Å². The molecule has 2 rings (SSSR count). The summed E-state index contributed by atoms with van der Waals surface area (Å²) in [5.41, 5.74) is 7.60. The summed E-state index contributed by atoms with van der Waals surface area (Å²) in [7, 11) is 0. The lowest BCUT2D eigenvalue weighted by Crippen LogP contribution is -1.93. The third-order valence-electron chi connectivity index (χ3n) is 2.13. The van der Waals surface area contributed by atoms with Crippen molar-refractivity contribution < 1.29 is 0 Å². The second kappa shape index (κ2) is 6.55. The standard InChI is InChI=1S/C13H13N3S2/c1-10-15-13(18-16-10)17-9-12-5-2-4-11(8-12)6-3-7-14/h2,4-5,8H,7,9,14H2,1H3. The first-order valence-corrected chi connectivity index (χ1v) is 7.25. The van der Waals surface area contributed by atoms with Crippen molar-refractivity contribution in [2.75, 3.05) is 6.54 Å². The van der Waals surface area contributed by atoms with Crippen LogP contribution in [-0.4, -0.2) is 15.9 Å². The van der Waals surface area contributed by atoms with Crippen LogP contribution in [0.3, 0.4) is 0 Å². The van der Waals surface area contributed by atoms with Crippen LogP contribution in [0.2, 0.25) is 0 Å². The van der Waals surface area contributed by atoms with Gasteiger partial charge in [0.05, 0.1) is 6.54 Å². The Morgan fingerprint density at radius 2 is 2.33 bits per heavy atom. The number of nitrogens with zero attached hydrogens (tertiary/aromatic N) is 2. The second-order valence-corrected chi connectivity index (χ2v) is 5.58. The van der Waals surface area contributed by atoms with E-state index in [9.17, 15) is 0 Å². The van der Waals surface area contributed by atoms with Crippen molar-refractivity contribution in [2.24, 2.45) is 5.73 Å². The van der Waals surface area contributed by atoms with Gasteiger partial charge in [0.25, 0.3) is 0 Å². The highest BCUT2D eigenvalue weighted by atomic mass is 32.2. The van der Waals surface area contributed by atoms with Gasteiger partial charge >= 0.3 is 0 Å². The number of rotatable bonds is 3. The van der Waals surface area contributed by atoms with E-state index in [1.165, 1.54) is 17.1 Å². The van der Waals surface area contributed by atoms with Crippen LogP contribution in [-0.2, 0) is 5.75 Å². The molecule has 0 amide bonds. The summed E-state index contributed by atoms with van der Waals surface area (Å²) in [4.78, 5) is 4.32. The van der Waals surface area contributed by atoms with Gasteiger partial charge in [0.15, 0.2) is 4.34 Å². The maximum Gasteiger partial charge on any atom is 0.170 e. The van der Waals surface area contributed by atoms with Gasteiger partial charge in [-0.05, 0) is 36.2 Å². The summed E-state index contributed by atoms with van der Waals surface area (Å²) in [5, 5.41) is 0. The Balaban J connectivity index is 2.01. The van der Waals surface area contributed by atoms with E-state index < -0.39 is 0 Å². The van der Waals surface area contributed by atoms with E-state index in [1.807, 2.05) is 19.1 Å². The quantitative estimate of drug-likeness (QED) is 0.690. The minimum Gasteiger partial charge on any atom is -0.320 e. The molecule has 5 heteroatoms. The predicted octanol–water partition coefficient (Wildman–Crippen LogP) is 2.45. The second-order valence-electron chi connectivity index (χ2n) is 3.60. The maximum atomic E-state index is 5.36. The van der Waals surface area contributed by atoms with Crippen molar-refractivity contribution in [3.05, 3.63) is 41.2 Å². The molecule has 0 atom stereocenters. The van der Waals surface area contributed by atoms with Gasteiger partial charge in [0.2, 0.25) is 0 Å². The van der Waals surface area contributed by atoms with Crippen LogP contribution in [0.15, 0.2) is 28.6 Å². The molecule has 92 valence electrons. The number of aryl methyl sites for hydroxylation is 1. The van der Waals surface area contributed by atoms with Crippen LogP contribution in [0.25, 0.3) is 0 Å². The molecule has 2 N–H and O–H groups in total. The number of aromatic nitrogens is 2. The minimum absolute atomic E-state index is 0.392. The van der Waals surface area contributed by atoms with E-state index in [-0.39, 0.29) is 0 Å². The molecule has 2 aromatic rings. The molecule has 0 saturated carbocycles. The molecule has 1 aromatic heterocycles. The van der Waals surface area contributed by atoms with Gasteiger partial charge in [0, 0.05) is 11.3 Å². The van der Waals surface area contributed by atoms with Crippen LogP contribution in [0.1, 0.15) is 17.0 Å². The van der Waals surface area contributed by atoms with Gasteiger partial charge in [-0.3, -0.25) is 0 Å². The van der Waals surface area contributed by atoms with Gasteiger partial charge in [-0.2, -0.15) is 4.37 Å². The molecule has 0 spiro atoms. The molecule has 0 fully saturated rings. The molecule has 0 aliphatic rings. The number of hydrogen-bond donors (Lipinski definition) is 1. The van der Waals surface area contributed by atoms with Gasteiger partial charge in [-0.15, -0.1) is 0 Å². The average Bonchev–Trinajstić information content (AvgIpc) is 2.80. The lowest BCUT2D eigenvalue weighted by Gasteiger charge is -1.99. The molecule has 0 aliphatic heterocycles. The highest BCUT2D eigenvalue weighted by Crippen LogP contribution is 2.24. The summed E-state index contributed by atoms with van der Waals surface area (Å²) >= 11 is 3.14. The van der Waals surface area contributed by atoms with Crippen LogP contribution in [0.4, 0.5) is 0 Å². The lowest BCUT2D eigenvalue weighted by atomic mass is 10.1. The number of benzene rings is 1. The molecular formula is C13H13N3S2. The zero-order chi connectivity index (χ0) is 12.8. The summed E-state index contributed by atoms with van der Waals surface area (Å²) in [5.74, 6) is 7.62. The summed E-state index contributed by atoms with van der Waals surface area (Å²) in [6.07, 6.45) is 0. The van der Waals surface area contributed by atoms with Crippen molar-refractivity contribution in [3.63, 3.8) is 0 Å². The Bertz CT molecular complexity index is 581. The maximum absolute atomic E-state index is 5.36. The molecule has 0 radical (unpaired) electrons. The third kappa shape index (κ3) is 3.84. The van der Waals surface area contributed by atoms with Gasteiger partial charge in [-0.1, -0.05) is 35.7 Å². The summed E-state index contributed by atoms with van der Waals surface area (Å²) in [6.45, 7) is 2.30. The molecule has 0 bridgehead atoms. The molecule has 18 heavy (non-hydrogen) atoms. The molecule has 3 nitrogen and oxygen atoms in total. The highest BCUT2D eigenvalue weighted by Gasteiger charge is 2.02. The fourth-order valence-electron chi connectivity index (χ4n) is 1.37. The van der Waals surface area contributed by atoms with Crippen LogP contribution in [0.5, 0.6) is 0 Å². The van der Waals surface area contributed by atoms with Crippen LogP contribution >= 0.6 is 23.3 Å². The average molecular weight is 275 g/mol. The highest BCUT2D eigenvalue weighted by molar-refractivity contribution is 8.00. The van der Waals surface area contributed by atoms with E-state index in [4.69, 9.17) is 5.73 Å². The zero-order valence-corrected chi connectivity index (χ0v) is 11.6. The van der Waals surface area contributed by atoms with Gasteiger partial charge in [0.1, 0.15) is 5.82 Å². The molecule has 1 heterocycles. The van der Waals surface area contributed by atoms with Gasteiger partial charge in [-0.25, -0.2) is 4.98 Å². The Morgan fingerprint density at radius 1 is 1.44 bits per heavy atom. The fourth-order valence-corrected chi connectivity index (χ4v) is 2.96. The molecule has 0 aliphatic carbocycles. The molecule has 0 unspecified atom stereocenters. The largest absolute Gasteiger partial charge is 0.320 e. The molecule has 0 saturated heterocycles. The number of thioether (sulfide) groups is 1. The van der Waals surface area contributed by atoms with Crippen molar-refractivity contribution in [1.29, 1.82) is 0 Å². The molecular weight excluding hydrogens is 262 g/mol. The number of hydrogen-bond acceptors (Lipinski definition) is 5. The normalized spacial score (nSPS) is 9.89. The van der Waals surface area contributed by atoms with Crippen molar-refractivity contribution in [1.82, 2.24) is 9.36 Å². The molecule has 1 aromatic carbocycles. The van der Waals surface area contributed by atoms with Crippen molar-refractivity contribution in [2.45, 2.75) is 17.0 Å². The lowest BCUT2D eigenvalue weighted by molar-refractivity contribution is 1.10.